The second-order valence-electron chi connectivity index (χ2n) is 8.54. The summed E-state index contributed by atoms with van der Waals surface area (Å²) in [4.78, 5) is 19.3. The van der Waals surface area contributed by atoms with E-state index in [0.717, 1.165) is 37.8 Å². The molecule has 1 aliphatic rings. The fourth-order valence-electron chi connectivity index (χ4n) is 4.06. The standard InChI is InChI=1S/C25H27FN4O3S/c1-34(32,33)29-23-7-2-4-18(14-23)17-30-12-10-22(11-13-30)28-25(31)20-8-9-24(27-16-20)19-5-3-6-21(26)15-19/h2-9,14-16,22,29H,10-13,17H2,1H3,(H,28,31). The number of aromatic nitrogens is 1. The van der Waals surface area contributed by atoms with Gasteiger partial charge in [0.1, 0.15) is 5.82 Å². The summed E-state index contributed by atoms with van der Waals surface area (Å²) in [6, 6.07) is 17.1. The number of pyridine rings is 1. The Labute approximate surface area is 199 Å². The third kappa shape index (κ3) is 6.61. The monoisotopic (exact) mass is 482 g/mol. The molecule has 0 saturated carbocycles. The van der Waals surface area contributed by atoms with Crippen LogP contribution < -0.4 is 10.0 Å². The molecular weight excluding hydrogens is 455 g/mol. The van der Waals surface area contributed by atoms with Crippen molar-refractivity contribution in [2.24, 2.45) is 0 Å². The van der Waals surface area contributed by atoms with E-state index in [9.17, 15) is 17.6 Å². The van der Waals surface area contributed by atoms with Crippen molar-refractivity contribution in [2.75, 3.05) is 24.1 Å². The van der Waals surface area contributed by atoms with Crippen molar-refractivity contribution >= 4 is 21.6 Å². The van der Waals surface area contributed by atoms with E-state index < -0.39 is 10.0 Å². The van der Waals surface area contributed by atoms with Gasteiger partial charge in [0, 0.05) is 43.1 Å². The maximum atomic E-state index is 13.4. The number of halogens is 1. The van der Waals surface area contributed by atoms with Crippen LogP contribution in [0.25, 0.3) is 11.3 Å². The van der Waals surface area contributed by atoms with Crippen LogP contribution >= 0.6 is 0 Å². The molecule has 1 amide bonds. The Balaban J connectivity index is 1.28. The normalized spacial score (nSPS) is 15.1. The molecule has 1 fully saturated rings. The molecule has 0 bridgehead atoms. The first-order valence-electron chi connectivity index (χ1n) is 11.1. The SMILES string of the molecule is CS(=O)(=O)Nc1cccc(CN2CCC(NC(=O)c3ccc(-c4cccc(F)c4)nc3)CC2)c1. The second kappa shape index (κ2) is 10.3. The number of benzene rings is 2. The highest BCUT2D eigenvalue weighted by atomic mass is 32.2. The molecule has 1 saturated heterocycles. The summed E-state index contributed by atoms with van der Waals surface area (Å²) in [5.41, 5.74) is 3.33. The number of hydrogen-bond donors (Lipinski definition) is 2. The van der Waals surface area contributed by atoms with Gasteiger partial charge in [-0.25, -0.2) is 12.8 Å². The summed E-state index contributed by atoms with van der Waals surface area (Å²) in [6.45, 7) is 2.36. The third-order valence-electron chi connectivity index (χ3n) is 5.71. The van der Waals surface area contributed by atoms with Gasteiger partial charge in [0.05, 0.1) is 17.5 Å². The molecule has 34 heavy (non-hydrogen) atoms. The quantitative estimate of drug-likeness (QED) is 0.536. The number of amides is 1. The average Bonchev–Trinajstić information content (AvgIpc) is 2.80. The number of hydrogen-bond acceptors (Lipinski definition) is 5. The number of carbonyl (C=O) groups is 1. The van der Waals surface area contributed by atoms with Crippen LogP contribution in [-0.4, -0.2) is 49.6 Å². The Bertz CT molecular complexity index is 1260. The number of sulfonamides is 1. The van der Waals surface area contributed by atoms with Crippen molar-refractivity contribution in [1.29, 1.82) is 0 Å². The predicted molar refractivity (Wildman–Crippen MR) is 130 cm³/mol. The largest absolute Gasteiger partial charge is 0.349 e. The molecule has 0 radical (unpaired) electrons. The molecular formula is C25H27FN4O3S. The van der Waals surface area contributed by atoms with Crippen molar-refractivity contribution in [3.8, 4) is 11.3 Å². The van der Waals surface area contributed by atoms with Gasteiger partial charge < -0.3 is 5.32 Å². The van der Waals surface area contributed by atoms with Crippen molar-refractivity contribution in [3.05, 3.63) is 83.8 Å². The van der Waals surface area contributed by atoms with Crippen LogP contribution in [0.15, 0.2) is 66.9 Å². The zero-order valence-corrected chi connectivity index (χ0v) is 19.7. The van der Waals surface area contributed by atoms with Crippen molar-refractivity contribution < 1.29 is 17.6 Å². The maximum absolute atomic E-state index is 13.4. The number of piperidine rings is 1. The Morgan fingerprint density at radius 3 is 2.53 bits per heavy atom. The second-order valence-corrected chi connectivity index (χ2v) is 10.3. The van der Waals surface area contributed by atoms with E-state index in [1.54, 1.807) is 30.3 Å². The van der Waals surface area contributed by atoms with Gasteiger partial charge >= 0.3 is 0 Å². The van der Waals surface area contributed by atoms with Gasteiger partial charge in [0.25, 0.3) is 5.91 Å². The molecule has 2 N–H and O–H groups in total. The molecule has 3 aromatic rings. The van der Waals surface area contributed by atoms with Gasteiger partial charge in [0.15, 0.2) is 0 Å². The van der Waals surface area contributed by atoms with Crippen LogP contribution in [0, 0.1) is 5.82 Å². The van der Waals surface area contributed by atoms with Crippen LogP contribution in [0.2, 0.25) is 0 Å². The highest BCUT2D eigenvalue weighted by Crippen LogP contribution is 2.19. The molecule has 0 aliphatic carbocycles. The van der Waals surface area contributed by atoms with E-state index in [2.05, 4.69) is 19.9 Å². The first-order valence-corrected chi connectivity index (χ1v) is 13.0. The Morgan fingerprint density at radius 2 is 1.85 bits per heavy atom. The molecule has 0 spiro atoms. The van der Waals surface area contributed by atoms with E-state index in [0.29, 0.717) is 29.1 Å². The Hall–Kier alpha value is -3.30. The highest BCUT2D eigenvalue weighted by molar-refractivity contribution is 7.92. The molecule has 1 aromatic heterocycles. The van der Waals surface area contributed by atoms with Crippen LogP contribution in [0.4, 0.5) is 10.1 Å². The first-order chi connectivity index (χ1) is 16.2. The van der Waals surface area contributed by atoms with Crippen LogP contribution in [0.5, 0.6) is 0 Å². The van der Waals surface area contributed by atoms with Gasteiger partial charge in [-0.3, -0.25) is 19.4 Å². The van der Waals surface area contributed by atoms with Crippen molar-refractivity contribution in [3.63, 3.8) is 0 Å². The van der Waals surface area contributed by atoms with Gasteiger partial charge in [-0.2, -0.15) is 0 Å². The van der Waals surface area contributed by atoms with E-state index in [-0.39, 0.29) is 17.8 Å². The van der Waals surface area contributed by atoms with Crippen LogP contribution in [-0.2, 0) is 16.6 Å². The van der Waals surface area contributed by atoms with Gasteiger partial charge in [0.2, 0.25) is 10.0 Å². The van der Waals surface area contributed by atoms with Crippen molar-refractivity contribution in [1.82, 2.24) is 15.2 Å². The number of nitrogens with zero attached hydrogens (tertiary/aromatic N) is 2. The summed E-state index contributed by atoms with van der Waals surface area (Å²) in [5.74, 6) is -0.498. The third-order valence-corrected chi connectivity index (χ3v) is 6.31. The minimum absolute atomic E-state index is 0.0740. The molecule has 7 nitrogen and oxygen atoms in total. The van der Waals surface area contributed by atoms with Gasteiger partial charge in [-0.05, 0) is 54.8 Å². The lowest BCUT2D eigenvalue weighted by Crippen LogP contribution is -2.44. The Kier molecular flexibility index (Phi) is 7.23. The van der Waals surface area contributed by atoms with Crippen molar-refractivity contribution in [2.45, 2.75) is 25.4 Å². The van der Waals surface area contributed by atoms with Gasteiger partial charge in [-0.15, -0.1) is 0 Å². The lowest BCUT2D eigenvalue weighted by Gasteiger charge is -2.32. The molecule has 4 rings (SSSR count). The molecule has 2 aromatic carbocycles. The molecule has 2 heterocycles. The minimum Gasteiger partial charge on any atom is -0.349 e. The van der Waals surface area contributed by atoms with E-state index in [1.165, 1.54) is 18.3 Å². The molecule has 0 unspecified atom stereocenters. The minimum atomic E-state index is -3.31. The average molecular weight is 483 g/mol. The zero-order valence-electron chi connectivity index (χ0n) is 18.9. The maximum Gasteiger partial charge on any atom is 0.253 e. The lowest BCUT2D eigenvalue weighted by atomic mass is 10.0. The number of carbonyl (C=O) groups excluding carboxylic acids is 1. The number of nitrogens with one attached hydrogen (secondary N) is 2. The smallest absolute Gasteiger partial charge is 0.253 e. The van der Waals surface area contributed by atoms with E-state index >= 15 is 0 Å². The number of likely N-dealkylation sites (tertiary alicyclic amines) is 1. The predicted octanol–water partition coefficient (Wildman–Crippen LogP) is 3.65. The Morgan fingerprint density at radius 1 is 1.09 bits per heavy atom. The fraction of sp³-hybridized carbons (Fsp3) is 0.280. The first kappa shape index (κ1) is 23.8. The fourth-order valence-corrected chi connectivity index (χ4v) is 4.61. The highest BCUT2D eigenvalue weighted by Gasteiger charge is 2.21. The molecule has 178 valence electrons. The lowest BCUT2D eigenvalue weighted by molar-refractivity contribution is 0.0908. The summed E-state index contributed by atoms with van der Waals surface area (Å²) in [7, 11) is -3.31. The molecule has 9 heteroatoms. The summed E-state index contributed by atoms with van der Waals surface area (Å²) in [5, 5.41) is 3.08. The summed E-state index contributed by atoms with van der Waals surface area (Å²) in [6.07, 6.45) is 4.29. The number of rotatable bonds is 7. The number of anilines is 1. The topological polar surface area (TPSA) is 91.4 Å². The van der Waals surface area contributed by atoms with Gasteiger partial charge in [-0.1, -0.05) is 24.3 Å². The van der Waals surface area contributed by atoms with E-state index in [4.69, 9.17) is 0 Å². The summed E-state index contributed by atoms with van der Waals surface area (Å²) < 4.78 is 38.8. The van der Waals surface area contributed by atoms with Crippen LogP contribution in [0.3, 0.4) is 0 Å². The molecule has 1 aliphatic heterocycles. The molecule has 0 atom stereocenters. The van der Waals surface area contributed by atoms with Crippen LogP contribution in [0.1, 0.15) is 28.8 Å². The van der Waals surface area contributed by atoms with E-state index in [1.807, 2.05) is 18.2 Å². The zero-order chi connectivity index (χ0) is 24.1. The summed E-state index contributed by atoms with van der Waals surface area (Å²) >= 11 is 0.